The first kappa shape index (κ1) is 17.8. The molecule has 2 rings (SSSR count). The van der Waals surface area contributed by atoms with Gasteiger partial charge in [0.1, 0.15) is 12.4 Å². The van der Waals surface area contributed by atoms with Crippen molar-refractivity contribution in [2.45, 2.75) is 31.1 Å². The maximum absolute atomic E-state index is 12.1. The zero-order valence-corrected chi connectivity index (χ0v) is 14.2. The van der Waals surface area contributed by atoms with Crippen molar-refractivity contribution < 1.29 is 22.4 Å². The molecule has 1 aliphatic heterocycles. The Labute approximate surface area is 136 Å². The highest BCUT2D eigenvalue weighted by Gasteiger charge is 2.29. The van der Waals surface area contributed by atoms with E-state index in [0.29, 0.717) is 39.1 Å². The third kappa shape index (κ3) is 5.87. The summed E-state index contributed by atoms with van der Waals surface area (Å²) in [7, 11) is -3.10. The van der Waals surface area contributed by atoms with Crippen LogP contribution < -0.4 is 5.32 Å². The van der Waals surface area contributed by atoms with E-state index in [9.17, 15) is 13.2 Å². The summed E-state index contributed by atoms with van der Waals surface area (Å²) >= 11 is 0. The van der Waals surface area contributed by atoms with E-state index in [1.807, 2.05) is 6.07 Å². The van der Waals surface area contributed by atoms with Crippen molar-refractivity contribution in [3.05, 3.63) is 24.2 Å². The third-order valence-corrected chi connectivity index (χ3v) is 5.43. The molecule has 0 bridgehead atoms. The van der Waals surface area contributed by atoms with Gasteiger partial charge in [0.05, 0.1) is 11.5 Å². The van der Waals surface area contributed by atoms with E-state index in [1.165, 1.54) is 6.26 Å². The molecule has 1 atom stereocenters. The number of hydrogen-bond donors (Lipinski definition) is 1. The molecule has 2 heterocycles. The lowest BCUT2D eigenvalue weighted by molar-refractivity contribution is 0.104. The monoisotopic (exact) mass is 344 g/mol. The number of ether oxygens (including phenoxy) is 1. The molecule has 7 nitrogen and oxygen atoms in total. The summed E-state index contributed by atoms with van der Waals surface area (Å²) in [5, 5.41) is 2.36. The fourth-order valence-corrected chi connectivity index (χ4v) is 3.57. The molecule has 130 valence electrons. The van der Waals surface area contributed by atoms with Crippen molar-refractivity contribution in [2.75, 3.05) is 32.5 Å². The van der Waals surface area contributed by atoms with E-state index in [2.05, 4.69) is 5.32 Å². The number of carbonyl (C=O) groups excluding carboxylic acids is 1. The number of likely N-dealkylation sites (tertiary alicyclic amines) is 1. The molecule has 1 N–H and O–H groups in total. The number of nitrogens with one attached hydrogen (secondary N) is 1. The molecule has 1 fully saturated rings. The molecule has 0 aliphatic carbocycles. The maximum Gasteiger partial charge on any atom is 0.317 e. The van der Waals surface area contributed by atoms with Gasteiger partial charge in [0, 0.05) is 32.5 Å². The molecule has 1 aromatic heterocycles. The number of sulfone groups is 1. The summed E-state index contributed by atoms with van der Waals surface area (Å²) in [4.78, 5) is 13.6. The average molecular weight is 344 g/mol. The molecule has 1 aromatic rings. The van der Waals surface area contributed by atoms with E-state index in [0.717, 1.165) is 12.2 Å². The van der Waals surface area contributed by atoms with Crippen LogP contribution in [0.3, 0.4) is 0 Å². The minimum Gasteiger partial charge on any atom is -0.467 e. The minimum atomic E-state index is -3.10. The van der Waals surface area contributed by atoms with Crippen molar-refractivity contribution in [3.63, 3.8) is 0 Å². The van der Waals surface area contributed by atoms with Crippen LogP contribution in [-0.4, -0.2) is 57.1 Å². The highest BCUT2D eigenvalue weighted by Crippen LogP contribution is 2.16. The van der Waals surface area contributed by atoms with Crippen LogP contribution in [0.1, 0.15) is 25.0 Å². The van der Waals surface area contributed by atoms with E-state index in [-0.39, 0.29) is 12.6 Å². The smallest absolute Gasteiger partial charge is 0.317 e. The molecule has 23 heavy (non-hydrogen) atoms. The van der Waals surface area contributed by atoms with Gasteiger partial charge in [-0.25, -0.2) is 13.2 Å². The number of furan rings is 1. The van der Waals surface area contributed by atoms with Crippen LogP contribution in [0.25, 0.3) is 0 Å². The quantitative estimate of drug-likeness (QED) is 0.756. The number of rotatable bonds is 7. The van der Waals surface area contributed by atoms with Gasteiger partial charge in [0.2, 0.25) is 0 Å². The Morgan fingerprint density at radius 1 is 1.52 bits per heavy atom. The summed E-state index contributed by atoms with van der Waals surface area (Å²) in [6.45, 7) is 2.32. The number of urea groups is 1. The largest absolute Gasteiger partial charge is 0.467 e. The molecule has 0 radical (unpaired) electrons. The zero-order chi connectivity index (χ0) is 16.7. The maximum atomic E-state index is 12.1. The molecule has 0 aromatic carbocycles. The van der Waals surface area contributed by atoms with Gasteiger partial charge in [-0.3, -0.25) is 0 Å². The molecule has 8 heteroatoms. The fraction of sp³-hybridized carbons (Fsp3) is 0.667. The minimum absolute atomic E-state index is 0.204. The van der Waals surface area contributed by atoms with Gasteiger partial charge in [0.25, 0.3) is 0 Å². The molecule has 1 aliphatic rings. The Morgan fingerprint density at radius 2 is 2.35 bits per heavy atom. The van der Waals surface area contributed by atoms with Crippen molar-refractivity contribution in [1.29, 1.82) is 0 Å². The molecule has 1 saturated heterocycles. The topological polar surface area (TPSA) is 88.9 Å². The standard InChI is InChI=1S/C15H24N2O5S/c1-23(19,20)14-6-2-8-17(11-14)15(18)16-7-4-9-21-12-13-5-3-10-22-13/h3,5,10,14H,2,4,6-9,11-12H2,1H3,(H,16,18)/t14-/m0/s1. The number of amides is 2. The van der Waals surface area contributed by atoms with Crippen LogP contribution in [0.5, 0.6) is 0 Å². The number of nitrogens with zero attached hydrogens (tertiary/aromatic N) is 1. The van der Waals surface area contributed by atoms with Crippen LogP contribution in [-0.2, 0) is 21.2 Å². The van der Waals surface area contributed by atoms with Crippen LogP contribution in [0.15, 0.2) is 22.8 Å². The second-order valence-corrected chi connectivity index (χ2v) is 8.08. The van der Waals surface area contributed by atoms with E-state index < -0.39 is 15.1 Å². The zero-order valence-electron chi connectivity index (χ0n) is 13.4. The van der Waals surface area contributed by atoms with Crippen molar-refractivity contribution in [1.82, 2.24) is 10.2 Å². The summed E-state index contributed by atoms with van der Waals surface area (Å²) < 4.78 is 33.8. The Balaban J connectivity index is 1.61. The van der Waals surface area contributed by atoms with Crippen LogP contribution in [0.4, 0.5) is 4.79 Å². The first-order valence-electron chi connectivity index (χ1n) is 7.78. The lowest BCUT2D eigenvalue weighted by Crippen LogP contribution is -2.49. The van der Waals surface area contributed by atoms with Crippen LogP contribution in [0.2, 0.25) is 0 Å². The van der Waals surface area contributed by atoms with Crippen LogP contribution >= 0.6 is 0 Å². The second-order valence-electron chi connectivity index (χ2n) is 5.76. The first-order chi connectivity index (χ1) is 11.0. The van der Waals surface area contributed by atoms with E-state index >= 15 is 0 Å². The summed E-state index contributed by atoms with van der Waals surface area (Å²) in [6.07, 6.45) is 4.87. The van der Waals surface area contributed by atoms with Gasteiger partial charge in [-0.15, -0.1) is 0 Å². The predicted molar refractivity (Wildman–Crippen MR) is 85.8 cm³/mol. The summed E-state index contributed by atoms with van der Waals surface area (Å²) in [6, 6.07) is 3.45. The van der Waals surface area contributed by atoms with Gasteiger partial charge in [-0.2, -0.15) is 0 Å². The Hall–Kier alpha value is -1.54. The number of carbonyl (C=O) groups is 1. The average Bonchev–Trinajstić information content (AvgIpc) is 3.03. The molecular weight excluding hydrogens is 320 g/mol. The summed E-state index contributed by atoms with van der Waals surface area (Å²) in [5.41, 5.74) is 0. The first-order valence-corrected chi connectivity index (χ1v) is 9.74. The molecule has 2 amide bonds. The van der Waals surface area contributed by atoms with Crippen molar-refractivity contribution in [2.24, 2.45) is 0 Å². The van der Waals surface area contributed by atoms with Gasteiger partial charge in [-0.1, -0.05) is 0 Å². The lowest BCUT2D eigenvalue weighted by Gasteiger charge is -2.31. The normalized spacial score (nSPS) is 18.8. The van der Waals surface area contributed by atoms with E-state index in [4.69, 9.17) is 9.15 Å². The Bertz CT molecular complexity index is 585. The molecular formula is C15H24N2O5S. The van der Waals surface area contributed by atoms with Gasteiger partial charge >= 0.3 is 6.03 Å². The van der Waals surface area contributed by atoms with Crippen molar-refractivity contribution >= 4 is 15.9 Å². The van der Waals surface area contributed by atoms with Gasteiger partial charge in [-0.05, 0) is 31.4 Å². The highest BCUT2D eigenvalue weighted by atomic mass is 32.2. The van der Waals surface area contributed by atoms with E-state index in [1.54, 1.807) is 17.2 Å². The molecule has 0 unspecified atom stereocenters. The van der Waals surface area contributed by atoms with Gasteiger partial charge < -0.3 is 19.4 Å². The number of hydrogen-bond acceptors (Lipinski definition) is 5. The third-order valence-electron chi connectivity index (χ3n) is 3.84. The second kappa shape index (κ2) is 8.35. The summed E-state index contributed by atoms with van der Waals surface area (Å²) in [5.74, 6) is 0.772. The van der Waals surface area contributed by atoms with Gasteiger partial charge in [0.15, 0.2) is 9.84 Å². The van der Waals surface area contributed by atoms with Crippen LogP contribution in [0, 0.1) is 0 Å². The molecule has 0 saturated carbocycles. The Morgan fingerprint density at radius 3 is 3.04 bits per heavy atom. The fourth-order valence-electron chi connectivity index (χ4n) is 2.52. The SMILES string of the molecule is CS(=O)(=O)[C@H]1CCCN(C(=O)NCCCOCc2ccco2)C1. The lowest BCUT2D eigenvalue weighted by atomic mass is 10.1. The number of piperidine rings is 1. The molecule has 0 spiro atoms. The predicted octanol–water partition coefficient (Wildman–Crippen LogP) is 1.40. The Kier molecular flexibility index (Phi) is 6.47. The highest BCUT2D eigenvalue weighted by molar-refractivity contribution is 7.91. The van der Waals surface area contributed by atoms with Crippen molar-refractivity contribution in [3.8, 4) is 0 Å².